The first-order valence-corrected chi connectivity index (χ1v) is 8.88. The van der Waals surface area contributed by atoms with Gasteiger partial charge in [0.25, 0.3) is 0 Å². The maximum Gasteiger partial charge on any atom is 0.191 e. The monoisotopic (exact) mass is 479 g/mol. The molecule has 2 aromatic rings. The third-order valence-corrected chi connectivity index (χ3v) is 4.57. The van der Waals surface area contributed by atoms with Crippen LogP contribution < -0.4 is 10.6 Å². The first-order valence-electron chi connectivity index (χ1n) is 7.68. The van der Waals surface area contributed by atoms with E-state index >= 15 is 0 Å². The average molecular weight is 480 g/mol. The maximum atomic E-state index is 10.1. The summed E-state index contributed by atoms with van der Waals surface area (Å²) in [5.41, 5.74) is 1.28. The van der Waals surface area contributed by atoms with Gasteiger partial charge in [0, 0.05) is 18.0 Å². The molecule has 4 nitrogen and oxygen atoms in total. The Balaban J connectivity index is 0.00000288. The summed E-state index contributed by atoms with van der Waals surface area (Å²) in [5, 5.41) is 16.6. The van der Waals surface area contributed by atoms with E-state index in [-0.39, 0.29) is 24.0 Å². The summed E-state index contributed by atoms with van der Waals surface area (Å²) >= 11 is 7.27. The minimum Gasteiger partial charge on any atom is -0.386 e. The van der Waals surface area contributed by atoms with Crippen LogP contribution in [0.1, 0.15) is 23.5 Å². The van der Waals surface area contributed by atoms with E-state index in [0.717, 1.165) is 24.4 Å². The highest BCUT2D eigenvalue weighted by Crippen LogP contribution is 2.26. The number of nitrogens with zero attached hydrogens (tertiary/aromatic N) is 1. The molecule has 0 aliphatic heterocycles. The molecule has 1 atom stereocenters. The molecule has 1 unspecified atom stereocenters. The fourth-order valence-corrected chi connectivity index (χ4v) is 3.12. The smallest absolute Gasteiger partial charge is 0.191 e. The van der Waals surface area contributed by atoms with Crippen molar-refractivity contribution in [2.75, 3.05) is 19.6 Å². The molecule has 0 radical (unpaired) electrons. The molecule has 1 aromatic carbocycles. The Bertz CT molecular complexity index is 621. The molecule has 0 aliphatic rings. The number of halogens is 2. The van der Waals surface area contributed by atoms with Gasteiger partial charge in [0.05, 0.1) is 10.9 Å². The lowest BCUT2D eigenvalue weighted by Gasteiger charge is -2.12. The van der Waals surface area contributed by atoms with Gasteiger partial charge in [-0.3, -0.25) is 4.99 Å². The van der Waals surface area contributed by atoms with Crippen molar-refractivity contribution in [1.29, 1.82) is 0 Å². The largest absolute Gasteiger partial charge is 0.386 e. The van der Waals surface area contributed by atoms with E-state index in [4.69, 9.17) is 11.6 Å². The number of hydrogen-bond donors (Lipinski definition) is 3. The second kappa shape index (κ2) is 11.7. The van der Waals surface area contributed by atoms with Crippen LogP contribution in [0.2, 0.25) is 4.34 Å². The molecule has 0 saturated carbocycles. The maximum absolute atomic E-state index is 10.1. The van der Waals surface area contributed by atoms with E-state index in [9.17, 15) is 5.11 Å². The van der Waals surface area contributed by atoms with Gasteiger partial charge < -0.3 is 15.7 Å². The number of aliphatic imine (C=N–C) groups is 1. The molecule has 0 fully saturated rings. The zero-order valence-corrected chi connectivity index (χ0v) is 17.4. The molecule has 132 valence electrons. The third kappa shape index (κ3) is 7.38. The van der Waals surface area contributed by atoms with Crippen molar-refractivity contribution in [1.82, 2.24) is 10.6 Å². The van der Waals surface area contributed by atoms with Gasteiger partial charge in [0.1, 0.15) is 6.10 Å². The second-order valence-corrected chi connectivity index (χ2v) is 6.79. The highest BCUT2D eigenvalue weighted by molar-refractivity contribution is 14.0. The molecule has 24 heavy (non-hydrogen) atoms. The van der Waals surface area contributed by atoms with Crippen LogP contribution in [0, 0.1) is 0 Å². The van der Waals surface area contributed by atoms with Crippen molar-refractivity contribution in [3.05, 3.63) is 57.2 Å². The molecular formula is C17H23ClIN3OS. The molecule has 3 N–H and O–H groups in total. The van der Waals surface area contributed by atoms with Crippen molar-refractivity contribution in [3.8, 4) is 0 Å². The fraction of sp³-hybridized carbons (Fsp3) is 0.353. The molecule has 7 heteroatoms. The van der Waals surface area contributed by atoms with Crippen LogP contribution in [-0.4, -0.2) is 30.7 Å². The molecule has 0 bridgehead atoms. The standard InChI is InChI=1S/C17H22ClN3OS.HI/c1-2-19-17(20-11-10-13-6-4-3-5-7-13)21-12-14(22)15-8-9-16(18)23-15;/h3-9,14,22H,2,10-12H2,1H3,(H2,19,20,21);1H. The molecule has 0 saturated heterocycles. The van der Waals surface area contributed by atoms with E-state index in [1.807, 2.05) is 31.2 Å². The molecule has 2 rings (SSSR count). The average Bonchev–Trinajstić information content (AvgIpc) is 3.00. The Morgan fingerprint density at radius 2 is 1.96 bits per heavy atom. The molecule has 0 amide bonds. The Morgan fingerprint density at radius 1 is 1.21 bits per heavy atom. The van der Waals surface area contributed by atoms with Crippen molar-refractivity contribution >= 4 is 52.9 Å². The molecule has 0 spiro atoms. The number of hydrogen-bond acceptors (Lipinski definition) is 3. The van der Waals surface area contributed by atoms with Crippen LogP contribution in [0.5, 0.6) is 0 Å². The van der Waals surface area contributed by atoms with Crippen LogP contribution in [0.15, 0.2) is 47.5 Å². The molecule has 0 aliphatic carbocycles. The highest BCUT2D eigenvalue weighted by Gasteiger charge is 2.10. The van der Waals surface area contributed by atoms with Crippen LogP contribution in [0.3, 0.4) is 0 Å². The minimum atomic E-state index is -0.628. The Kier molecular flexibility index (Phi) is 10.3. The third-order valence-electron chi connectivity index (χ3n) is 3.24. The number of rotatable bonds is 7. The van der Waals surface area contributed by atoms with E-state index in [0.29, 0.717) is 16.8 Å². The van der Waals surface area contributed by atoms with Crippen molar-refractivity contribution in [2.24, 2.45) is 4.99 Å². The SMILES string of the molecule is CCNC(=NCC(O)c1ccc(Cl)s1)NCCc1ccccc1.I. The van der Waals surface area contributed by atoms with Gasteiger partial charge in [-0.25, -0.2) is 0 Å². The normalized spacial score (nSPS) is 12.4. The number of thiophene rings is 1. The van der Waals surface area contributed by atoms with Crippen molar-refractivity contribution < 1.29 is 5.11 Å². The predicted octanol–water partition coefficient (Wildman–Crippen LogP) is 3.85. The van der Waals surface area contributed by atoms with Crippen LogP contribution in [0.4, 0.5) is 0 Å². The van der Waals surface area contributed by atoms with Gasteiger partial charge in [-0.05, 0) is 31.0 Å². The first-order chi connectivity index (χ1) is 11.2. The van der Waals surface area contributed by atoms with Gasteiger partial charge >= 0.3 is 0 Å². The van der Waals surface area contributed by atoms with Gasteiger partial charge in [0.15, 0.2) is 5.96 Å². The van der Waals surface area contributed by atoms with Crippen LogP contribution in [-0.2, 0) is 6.42 Å². The number of benzene rings is 1. The number of guanidine groups is 1. The van der Waals surface area contributed by atoms with Crippen molar-refractivity contribution in [2.45, 2.75) is 19.4 Å². The topological polar surface area (TPSA) is 56.7 Å². The van der Waals surface area contributed by atoms with Gasteiger partial charge in [-0.2, -0.15) is 0 Å². The van der Waals surface area contributed by atoms with Crippen molar-refractivity contribution in [3.63, 3.8) is 0 Å². The lowest BCUT2D eigenvalue weighted by Crippen LogP contribution is -2.38. The second-order valence-electron chi connectivity index (χ2n) is 5.04. The fourth-order valence-electron chi connectivity index (χ4n) is 2.09. The zero-order valence-electron chi connectivity index (χ0n) is 13.5. The highest BCUT2D eigenvalue weighted by atomic mass is 127. The number of aliphatic hydroxyl groups is 1. The summed E-state index contributed by atoms with van der Waals surface area (Å²) in [6, 6.07) is 13.9. The lowest BCUT2D eigenvalue weighted by molar-refractivity contribution is 0.191. The summed E-state index contributed by atoms with van der Waals surface area (Å²) in [7, 11) is 0. The van der Waals surface area contributed by atoms with E-state index < -0.39 is 6.10 Å². The summed E-state index contributed by atoms with van der Waals surface area (Å²) < 4.78 is 0.677. The van der Waals surface area contributed by atoms with Gasteiger partial charge in [0.2, 0.25) is 0 Å². The lowest BCUT2D eigenvalue weighted by atomic mass is 10.1. The van der Waals surface area contributed by atoms with Gasteiger partial charge in [-0.1, -0.05) is 41.9 Å². The van der Waals surface area contributed by atoms with Crippen LogP contribution in [0.25, 0.3) is 0 Å². The Hall–Kier alpha value is -0.830. The predicted molar refractivity (Wildman–Crippen MR) is 114 cm³/mol. The minimum absolute atomic E-state index is 0. The molecule has 1 heterocycles. The Labute approximate surface area is 169 Å². The first kappa shape index (κ1) is 21.2. The zero-order chi connectivity index (χ0) is 16.5. The number of aliphatic hydroxyl groups excluding tert-OH is 1. The Morgan fingerprint density at radius 3 is 2.58 bits per heavy atom. The van der Waals surface area contributed by atoms with Gasteiger partial charge in [-0.15, -0.1) is 35.3 Å². The molecular weight excluding hydrogens is 457 g/mol. The summed E-state index contributed by atoms with van der Waals surface area (Å²) in [5.74, 6) is 0.713. The van der Waals surface area contributed by atoms with E-state index in [1.54, 1.807) is 6.07 Å². The van der Waals surface area contributed by atoms with E-state index in [1.165, 1.54) is 16.9 Å². The summed E-state index contributed by atoms with van der Waals surface area (Å²) in [4.78, 5) is 5.27. The number of nitrogens with one attached hydrogen (secondary N) is 2. The van der Waals surface area contributed by atoms with E-state index in [2.05, 4.69) is 27.8 Å². The quantitative estimate of drug-likeness (QED) is 0.321. The summed E-state index contributed by atoms with van der Waals surface area (Å²) in [6.45, 7) is 3.89. The summed E-state index contributed by atoms with van der Waals surface area (Å²) in [6.07, 6.45) is 0.297. The van der Waals surface area contributed by atoms with Crippen LogP contribution >= 0.6 is 46.9 Å². The molecule has 1 aromatic heterocycles.